The number of anilines is 3. The van der Waals surface area contributed by atoms with E-state index in [1.165, 1.54) is 0 Å². The third-order valence-electron chi connectivity index (χ3n) is 6.15. The molecule has 3 heterocycles. The summed E-state index contributed by atoms with van der Waals surface area (Å²) in [5.41, 5.74) is 10.1. The minimum Gasteiger partial charge on any atom is -0.446 e. The van der Waals surface area contributed by atoms with Crippen LogP contribution in [0.15, 0.2) is 79.0 Å². The highest BCUT2D eigenvalue weighted by atomic mass is 16.6. The Morgan fingerprint density at radius 2 is 1.83 bits per heavy atom. The number of ether oxygens (including phenoxy) is 1. The fourth-order valence-electron chi connectivity index (χ4n) is 4.36. The minimum atomic E-state index is -0.625. The number of rotatable bonds is 2. The van der Waals surface area contributed by atoms with Gasteiger partial charge in [0.05, 0.1) is 0 Å². The third kappa shape index (κ3) is 5.22. The summed E-state index contributed by atoms with van der Waals surface area (Å²) in [4.78, 5) is 29.9. The molecule has 36 heavy (non-hydrogen) atoms. The van der Waals surface area contributed by atoms with Crippen LogP contribution in [-0.4, -0.2) is 23.1 Å². The molecular formula is C28H27N5O3. The lowest BCUT2D eigenvalue weighted by Crippen LogP contribution is -2.33. The van der Waals surface area contributed by atoms with Gasteiger partial charge in [0.1, 0.15) is 18.0 Å². The van der Waals surface area contributed by atoms with E-state index in [-0.39, 0.29) is 12.0 Å². The Morgan fingerprint density at radius 1 is 1.00 bits per heavy atom. The van der Waals surface area contributed by atoms with E-state index in [9.17, 15) is 9.59 Å². The van der Waals surface area contributed by atoms with Gasteiger partial charge in [-0.2, -0.15) is 0 Å². The van der Waals surface area contributed by atoms with Gasteiger partial charge < -0.3 is 21.1 Å². The number of amides is 2. The number of nitrogens with zero attached hydrogens (tertiary/aromatic N) is 1. The Balaban J connectivity index is 1.47. The van der Waals surface area contributed by atoms with E-state index in [1.54, 1.807) is 12.3 Å². The van der Waals surface area contributed by atoms with E-state index in [2.05, 4.69) is 20.9 Å². The van der Waals surface area contributed by atoms with Crippen LogP contribution in [0.2, 0.25) is 0 Å². The lowest BCUT2D eigenvalue weighted by molar-refractivity contribution is -0.122. The number of carbonyl (C=O) groups is 2. The van der Waals surface area contributed by atoms with Crippen molar-refractivity contribution >= 4 is 40.0 Å². The van der Waals surface area contributed by atoms with E-state index in [1.807, 2.05) is 73.7 Å². The van der Waals surface area contributed by atoms with Crippen molar-refractivity contribution in [3.63, 3.8) is 0 Å². The Kier molecular flexibility index (Phi) is 6.40. The van der Waals surface area contributed by atoms with E-state index >= 15 is 0 Å². The van der Waals surface area contributed by atoms with Gasteiger partial charge >= 0.3 is 6.09 Å². The van der Waals surface area contributed by atoms with Gasteiger partial charge in [-0.1, -0.05) is 36.4 Å². The number of nitrogens with two attached hydrogens (primary N) is 1. The lowest BCUT2D eigenvalue weighted by Gasteiger charge is -2.22. The average molecular weight is 482 g/mol. The molecule has 8 nitrogen and oxygen atoms in total. The highest BCUT2D eigenvalue weighted by molar-refractivity contribution is 5.94. The summed E-state index contributed by atoms with van der Waals surface area (Å²) in [6, 6.07) is 22.1. The number of nitrogen functional groups attached to an aromatic ring is 1. The molecule has 0 radical (unpaired) electrons. The Bertz CT molecular complexity index is 1420. The molecule has 2 amide bonds. The molecular weight excluding hydrogens is 454 g/mol. The topological polar surface area (TPSA) is 118 Å². The van der Waals surface area contributed by atoms with Gasteiger partial charge in [0.2, 0.25) is 5.91 Å². The van der Waals surface area contributed by atoms with Crippen LogP contribution in [0.25, 0.3) is 10.8 Å². The normalized spacial score (nSPS) is 18.2. The summed E-state index contributed by atoms with van der Waals surface area (Å²) in [6.07, 6.45) is 1.40. The standard InChI is InChI=1S/C28H27N5O3/c1-17-13-18-5-7-20(8-6-18)25(32-23-9-10-24-21(15-23)11-12-30-26(24)29)27(34)31-16-19-3-2-4-22(14-19)33-28(35)36-17/h2-12,14-15,17,25,32H,13,16H2,1H3,(H2,29,30)(H,31,34)(H,33,35). The first-order chi connectivity index (χ1) is 17.4. The molecule has 4 bridgehead atoms. The van der Waals surface area contributed by atoms with E-state index in [4.69, 9.17) is 10.5 Å². The largest absolute Gasteiger partial charge is 0.446 e. The molecule has 2 unspecified atom stereocenters. The molecule has 0 saturated heterocycles. The third-order valence-corrected chi connectivity index (χ3v) is 6.15. The first-order valence-corrected chi connectivity index (χ1v) is 11.8. The van der Waals surface area contributed by atoms with Crippen LogP contribution in [0.5, 0.6) is 0 Å². The van der Waals surface area contributed by atoms with Gasteiger partial charge in [0.15, 0.2) is 0 Å². The fraction of sp³-hybridized carbons (Fsp3) is 0.179. The van der Waals surface area contributed by atoms with Crippen LogP contribution in [0, 0.1) is 0 Å². The van der Waals surface area contributed by atoms with Crippen LogP contribution >= 0.6 is 0 Å². The first-order valence-electron chi connectivity index (χ1n) is 11.8. The van der Waals surface area contributed by atoms with Crippen molar-refractivity contribution in [2.45, 2.75) is 32.0 Å². The van der Waals surface area contributed by atoms with Gasteiger partial charge in [0.25, 0.3) is 0 Å². The molecule has 0 spiro atoms. The van der Waals surface area contributed by atoms with Crippen molar-refractivity contribution in [2.24, 2.45) is 0 Å². The number of hydrogen-bond acceptors (Lipinski definition) is 6. The molecule has 2 aliphatic rings. The fourth-order valence-corrected chi connectivity index (χ4v) is 4.36. The first kappa shape index (κ1) is 23.2. The molecule has 8 heteroatoms. The molecule has 4 aromatic rings. The van der Waals surface area contributed by atoms with Gasteiger partial charge in [-0.25, -0.2) is 9.78 Å². The van der Waals surface area contributed by atoms with Crippen LogP contribution in [0.4, 0.5) is 22.0 Å². The maximum Gasteiger partial charge on any atom is 0.411 e. The highest BCUT2D eigenvalue weighted by Crippen LogP contribution is 2.26. The molecule has 0 saturated carbocycles. The van der Waals surface area contributed by atoms with Crippen LogP contribution in [0.1, 0.15) is 29.7 Å². The number of aromatic nitrogens is 1. The number of hydrogen-bond donors (Lipinski definition) is 4. The number of benzene rings is 3. The monoisotopic (exact) mass is 481 g/mol. The van der Waals surface area contributed by atoms with Gasteiger partial charge in [-0.3, -0.25) is 10.1 Å². The van der Waals surface area contributed by atoms with Crippen LogP contribution in [0.3, 0.4) is 0 Å². The summed E-state index contributed by atoms with van der Waals surface area (Å²) in [5.74, 6) is 0.295. The van der Waals surface area contributed by atoms with Gasteiger partial charge in [-0.05, 0) is 65.4 Å². The maximum absolute atomic E-state index is 13.4. The summed E-state index contributed by atoms with van der Waals surface area (Å²) in [5, 5.41) is 11.0. The van der Waals surface area contributed by atoms with Crippen molar-refractivity contribution in [2.75, 3.05) is 16.4 Å². The predicted octanol–water partition coefficient (Wildman–Crippen LogP) is 4.78. The number of carbonyl (C=O) groups excluding carboxylic acids is 2. The molecule has 6 rings (SSSR count). The van der Waals surface area contributed by atoms with Crippen molar-refractivity contribution in [3.05, 3.63) is 95.7 Å². The zero-order valence-corrected chi connectivity index (χ0v) is 19.8. The Labute approximate surface area is 208 Å². The highest BCUT2D eigenvalue weighted by Gasteiger charge is 2.21. The lowest BCUT2D eigenvalue weighted by atomic mass is 10.0. The Hall–Kier alpha value is -4.59. The summed E-state index contributed by atoms with van der Waals surface area (Å²) in [6.45, 7) is 2.16. The van der Waals surface area contributed by atoms with E-state index in [0.717, 1.165) is 33.2 Å². The molecule has 5 N–H and O–H groups in total. The Morgan fingerprint density at radius 3 is 2.67 bits per heavy atom. The second-order valence-electron chi connectivity index (χ2n) is 8.91. The van der Waals surface area contributed by atoms with Crippen molar-refractivity contribution in [1.29, 1.82) is 0 Å². The average Bonchev–Trinajstić information content (AvgIpc) is 2.86. The molecule has 1 aromatic heterocycles. The second kappa shape index (κ2) is 9.95. The summed E-state index contributed by atoms with van der Waals surface area (Å²) in [7, 11) is 0. The zero-order chi connectivity index (χ0) is 25.1. The summed E-state index contributed by atoms with van der Waals surface area (Å²) < 4.78 is 5.52. The maximum atomic E-state index is 13.4. The van der Waals surface area contributed by atoms with E-state index < -0.39 is 12.1 Å². The molecule has 3 aromatic carbocycles. The number of pyridine rings is 1. The van der Waals surface area contributed by atoms with Crippen molar-refractivity contribution < 1.29 is 14.3 Å². The predicted molar refractivity (Wildman–Crippen MR) is 141 cm³/mol. The van der Waals surface area contributed by atoms with Gasteiger partial charge in [-0.15, -0.1) is 0 Å². The number of fused-ring (bicyclic) bond motifs is 10. The van der Waals surface area contributed by atoms with Crippen molar-refractivity contribution in [1.82, 2.24) is 10.3 Å². The summed E-state index contributed by atoms with van der Waals surface area (Å²) >= 11 is 0. The smallest absolute Gasteiger partial charge is 0.411 e. The SMILES string of the molecule is CC1Cc2ccc(cc2)C(Nc2ccc3c(N)nccc3c2)C(=O)NCc2cccc(c2)NC(=O)O1. The minimum absolute atomic E-state index is 0.171. The molecule has 182 valence electrons. The molecule has 2 atom stereocenters. The van der Waals surface area contributed by atoms with Gasteiger partial charge in [0, 0.05) is 35.9 Å². The second-order valence-corrected chi connectivity index (χ2v) is 8.91. The van der Waals surface area contributed by atoms with Crippen LogP contribution < -0.4 is 21.7 Å². The van der Waals surface area contributed by atoms with E-state index in [0.29, 0.717) is 24.5 Å². The zero-order valence-electron chi connectivity index (χ0n) is 19.8. The van der Waals surface area contributed by atoms with Crippen molar-refractivity contribution in [3.8, 4) is 0 Å². The molecule has 2 aliphatic heterocycles. The van der Waals surface area contributed by atoms with Crippen LogP contribution in [-0.2, 0) is 22.5 Å². The molecule has 0 fully saturated rings. The molecule has 0 aliphatic carbocycles. The number of nitrogens with one attached hydrogen (secondary N) is 3. The quantitative estimate of drug-likeness (QED) is 0.327.